The molecule has 0 radical (unpaired) electrons. The smallest absolute Gasteiger partial charge is 0.303 e. The molecule has 0 heterocycles. The van der Waals surface area contributed by atoms with Gasteiger partial charge in [0.2, 0.25) is 0 Å². The van der Waals surface area contributed by atoms with Crippen LogP contribution in [0.4, 0.5) is 0 Å². The summed E-state index contributed by atoms with van der Waals surface area (Å²) in [7, 11) is 0. The van der Waals surface area contributed by atoms with Crippen molar-refractivity contribution in [1.29, 1.82) is 0 Å². The molecular weight excluding hydrogens is 312 g/mol. The maximum atomic E-state index is 12.2. The summed E-state index contributed by atoms with van der Waals surface area (Å²) in [5.41, 5.74) is 2.91. The van der Waals surface area contributed by atoms with Crippen LogP contribution in [0.25, 0.3) is 0 Å². The average molecular weight is 344 g/mol. The summed E-state index contributed by atoms with van der Waals surface area (Å²) >= 11 is 0. The van der Waals surface area contributed by atoms with Crippen LogP contribution < -0.4 is 0 Å². The fraction of sp³-hybridized carbons (Fsp3) is 0.545. The Bertz CT molecular complexity index is 552. The van der Waals surface area contributed by atoms with Gasteiger partial charge in [0.25, 0.3) is 0 Å². The number of carbonyl (C=O) groups excluding carboxylic acids is 1. The molecule has 0 spiro atoms. The Hall–Kier alpha value is -1.90. The number of rotatable bonds is 12. The Morgan fingerprint density at radius 1 is 1.20 bits per heavy atom. The van der Waals surface area contributed by atoms with E-state index >= 15 is 0 Å². The van der Waals surface area contributed by atoms with Crippen LogP contribution in [-0.2, 0) is 9.59 Å². The van der Waals surface area contributed by atoms with Crippen molar-refractivity contribution in [3.8, 4) is 0 Å². The van der Waals surface area contributed by atoms with E-state index in [9.17, 15) is 9.59 Å². The van der Waals surface area contributed by atoms with Gasteiger partial charge in [-0.15, -0.1) is 0 Å². The Morgan fingerprint density at radius 2 is 1.92 bits per heavy atom. The predicted molar refractivity (Wildman–Crippen MR) is 103 cm³/mol. The minimum Gasteiger partial charge on any atom is -0.481 e. The first kappa shape index (κ1) is 21.1. The number of carboxylic acid groups (broad SMARTS) is 1. The molecular formula is C22H32O3. The van der Waals surface area contributed by atoms with Crippen molar-refractivity contribution in [2.75, 3.05) is 0 Å². The van der Waals surface area contributed by atoms with Gasteiger partial charge < -0.3 is 5.11 Å². The minimum absolute atomic E-state index is 0.00875. The molecule has 0 amide bonds. The van der Waals surface area contributed by atoms with Crippen LogP contribution in [-0.4, -0.2) is 16.9 Å². The van der Waals surface area contributed by atoms with Gasteiger partial charge in [0.05, 0.1) is 0 Å². The van der Waals surface area contributed by atoms with Crippen molar-refractivity contribution in [2.24, 2.45) is 5.92 Å². The third-order valence-corrected chi connectivity index (χ3v) is 4.57. The van der Waals surface area contributed by atoms with Gasteiger partial charge >= 0.3 is 5.97 Å². The molecule has 3 nitrogen and oxygen atoms in total. The highest BCUT2D eigenvalue weighted by Gasteiger charge is 2.29. The van der Waals surface area contributed by atoms with Gasteiger partial charge in [0.15, 0.2) is 5.78 Å². The highest BCUT2D eigenvalue weighted by molar-refractivity contribution is 6.01. The molecule has 1 aliphatic carbocycles. The Balaban J connectivity index is 2.53. The lowest BCUT2D eigenvalue weighted by Crippen LogP contribution is -2.00. The number of hydrogen-bond donors (Lipinski definition) is 1. The molecule has 0 aromatic carbocycles. The SMILES string of the molecule is C=C(/C=C/[C@H]1C(=C)CC(=O)/C1=C/CCCCCC(=O)O)CCCCC. The molecule has 0 unspecified atom stereocenters. The van der Waals surface area contributed by atoms with Crippen LogP contribution in [0.3, 0.4) is 0 Å². The molecule has 25 heavy (non-hydrogen) atoms. The summed E-state index contributed by atoms with van der Waals surface area (Å²) in [6.07, 6.45) is 14.7. The molecule has 1 aliphatic rings. The van der Waals surface area contributed by atoms with Gasteiger partial charge in [-0.3, -0.25) is 9.59 Å². The first-order valence-electron chi connectivity index (χ1n) is 9.44. The molecule has 0 aromatic rings. The van der Waals surface area contributed by atoms with E-state index in [2.05, 4.69) is 26.2 Å². The van der Waals surface area contributed by atoms with Crippen molar-refractivity contribution in [3.05, 3.63) is 48.1 Å². The lowest BCUT2D eigenvalue weighted by molar-refractivity contribution is -0.137. The number of unbranched alkanes of at least 4 members (excludes halogenated alkanes) is 5. The minimum atomic E-state index is -0.745. The Morgan fingerprint density at radius 3 is 2.60 bits per heavy atom. The van der Waals surface area contributed by atoms with Crippen LogP contribution >= 0.6 is 0 Å². The molecule has 0 aliphatic heterocycles. The second-order valence-corrected chi connectivity index (χ2v) is 6.86. The van der Waals surface area contributed by atoms with E-state index in [4.69, 9.17) is 5.11 Å². The first-order chi connectivity index (χ1) is 12.0. The molecule has 1 atom stereocenters. The largest absolute Gasteiger partial charge is 0.481 e. The van der Waals surface area contributed by atoms with Gasteiger partial charge in [-0.2, -0.15) is 0 Å². The van der Waals surface area contributed by atoms with Crippen LogP contribution in [0.1, 0.15) is 71.1 Å². The zero-order valence-corrected chi connectivity index (χ0v) is 15.6. The lowest BCUT2D eigenvalue weighted by Gasteiger charge is -2.08. The van der Waals surface area contributed by atoms with E-state index in [-0.39, 0.29) is 18.1 Å². The lowest BCUT2D eigenvalue weighted by atomic mass is 9.96. The van der Waals surface area contributed by atoms with Crippen LogP contribution in [0.15, 0.2) is 48.1 Å². The molecule has 0 bridgehead atoms. The molecule has 0 aromatic heterocycles. The maximum Gasteiger partial charge on any atom is 0.303 e. The fourth-order valence-electron chi connectivity index (χ4n) is 3.06. The van der Waals surface area contributed by atoms with Crippen molar-refractivity contribution in [1.82, 2.24) is 0 Å². The summed E-state index contributed by atoms with van der Waals surface area (Å²) in [4.78, 5) is 22.7. The van der Waals surface area contributed by atoms with Crippen LogP contribution in [0.5, 0.6) is 0 Å². The number of carbonyl (C=O) groups is 2. The van der Waals surface area contributed by atoms with E-state index in [0.717, 1.165) is 48.8 Å². The van der Waals surface area contributed by atoms with Crippen molar-refractivity contribution in [3.63, 3.8) is 0 Å². The molecule has 1 rings (SSSR count). The monoisotopic (exact) mass is 344 g/mol. The van der Waals surface area contributed by atoms with E-state index in [1.54, 1.807) is 0 Å². The standard InChI is InChI=1S/C22H32O3/c1-4-5-8-11-17(2)14-15-19-18(3)16-21(23)20(19)12-9-6-7-10-13-22(24)25/h12,14-15,19H,2-11,13,16H2,1H3,(H,24,25)/b15-14+,20-12+/t19-/m0/s1. The highest BCUT2D eigenvalue weighted by atomic mass is 16.4. The van der Waals surface area contributed by atoms with Gasteiger partial charge in [-0.1, -0.05) is 68.7 Å². The summed E-state index contributed by atoms with van der Waals surface area (Å²) in [5.74, 6) is -0.568. The number of allylic oxidation sites excluding steroid dienone is 6. The van der Waals surface area contributed by atoms with Crippen molar-refractivity contribution in [2.45, 2.75) is 71.1 Å². The second kappa shape index (κ2) is 11.6. The fourth-order valence-corrected chi connectivity index (χ4v) is 3.06. The highest BCUT2D eigenvalue weighted by Crippen LogP contribution is 2.34. The van der Waals surface area contributed by atoms with E-state index in [1.807, 2.05) is 12.2 Å². The summed E-state index contributed by atoms with van der Waals surface area (Å²) in [6.45, 7) is 10.3. The first-order valence-corrected chi connectivity index (χ1v) is 9.44. The molecule has 1 N–H and O–H groups in total. The van der Waals surface area contributed by atoms with Gasteiger partial charge in [0.1, 0.15) is 0 Å². The maximum absolute atomic E-state index is 12.2. The second-order valence-electron chi connectivity index (χ2n) is 6.86. The third kappa shape index (κ3) is 8.15. The van der Waals surface area contributed by atoms with Gasteiger partial charge in [0, 0.05) is 24.3 Å². The third-order valence-electron chi connectivity index (χ3n) is 4.57. The van der Waals surface area contributed by atoms with E-state index in [0.29, 0.717) is 12.8 Å². The van der Waals surface area contributed by atoms with E-state index < -0.39 is 5.97 Å². The topological polar surface area (TPSA) is 54.4 Å². The van der Waals surface area contributed by atoms with Gasteiger partial charge in [-0.25, -0.2) is 0 Å². The number of Topliss-reactive ketones (excluding diaryl/α,β-unsaturated/α-hetero) is 1. The quantitative estimate of drug-likeness (QED) is 0.211. The van der Waals surface area contributed by atoms with Crippen LogP contribution in [0, 0.1) is 5.92 Å². The molecule has 1 fully saturated rings. The van der Waals surface area contributed by atoms with Crippen molar-refractivity contribution >= 4 is 11.8 Å². The van der Waals surface area contributed by atoms with Crippen LogP contribution in [0.2, 0.25) is 0 Å². The van der Waals surface area contributed by atoms with Gasteiger partial charge in [-0.05, 0) is 32.1 Å². The molecule has 0 saturated heterocycles. The normalized spacial score (nSPS) is 19.2. The molecule has 1 saturated carbocycles. The Kier molecular flexibility index (Phi) is 9.83. The summed E-state index contributed by atoms with van der Waals surface area (Å²) in [6, 6.07) is 0. The number of ketones is 1. The number of carboxylic acids is 1. The van der Waals surface area contributed by atoms with E-state index in [1.165, 1.54) is 12.8 Å². The number of hydrogen-bond acceptors (Lipinski definition) is 2. The summed E-state index contributed by atoms with van der Waals surface area (Å²) in [5, 5.41) is 8.63. The zero-order chi connectivity index (χ0) is 18.7. The molecule has 138 valence electrons. The molecule has 3 heteroatoms. The zero-order valence-electron chi connectivity index (χ0n) is 15.6. The average Bonchev–Trinajstić information content (AvgIpc) is 2.82. The predicted octanol–water partition coefficient (Wildman–Crippen LogP) is 5.79. The summed E-state index contributed by atoms with van der Waals surface area (Å²) < 4.78 is 0. The van der Waals surface area contributed by atoms with Crippen molar-refractivity contribution < 1.29 is 14.7 Å². The Labute approximate surface area is 152 Å². The number of aliphatic carboxylic acids is 1.